The molecular formula is C26H27N5O2S. The van der Waals surface area contributed by atoms with Gasteiger partial charge in [0.15, 0.2) is 0 Å². The molecule has 1 aliphatic rings. The fourth-order valence-corrected chi connectivity index (χ4v) is 5.58. The molecule has 7 nitrogen and oxygen atoms in total. The second kappa shape index (κ2) is 9.21. The van der Waals surface area contributed by atoms with Crippen LogP contribution in [0.5, 0.6) is 5.75 Å². The summed E-state index contributed by atoms with van der Waals surface area (Å²) in [7, 11) is 1.71. The first kappa shape index (κ1) is 21.3. The van der Waals surface area contributed by atoms with Crippen molar-refractivity contribution in [3.8, 4) is 27.6 Å². The predicted octanol–water partition coefficient (Wildman–Crippen LogP) is 5.04. The highest BCUT2D eigenvalue weighted by atomic mass is 32.1. The third-order valence-corrected chi connectivity index (χ3v) is 7.40. The summed E-state index contributed by atoms with van der Waals surface area (Å²) in [6, 6.07) is 10.4. The van der Waals surface area contributed by atoms with Gasteiger partial charge in [0.1, 0.15) is 16.4 Å². The molecule has 1 fully saturated rings. The van der Waals surface area contributed by atoms with Crippen LogP contribution in [0.15, 0.2) is 54.3 Å². The summed E-state index contributed by atoms with van der Waals surface area (Å²) in [5.41, 5.74) is 5.29. The second-order valence-corrected chi connectivity index (χ2v) is 9.42. The van der Waals surface area contributed by atoms with Crippen LogP contribution in [0, 0.1) is 0 Å². The number of benzene rings is 1. The molecule has 4 aromatic heterocycles. The number of methoxy groups -OCH3 is 1. The van der Waals surface area contributed by atoms with E-state index >= 15 is 0 Å². The number of nitrogens with zero attached hydrogens (tertiary/aromatic N) is 4. The summed E-state index contributed by atoms with van der Waals surface area (Å²) >= 11 is 1.68. The topological polar surface area (TPSA) is 68.2 Å². The number of ether oxygens (including phenoxy) is 2. The van der Waals surface area contributed by atoms with Gasteiger partial charge in [0.25, 0.3) is 0 Å². The second-order valence-electron chi connectivity index (χ2n) is 8.57. The Hall–Kier alpha value is -3.20. The third kappa shape index (κ3) is 3.98. The highest BCUT2D eigenvalue weighted by molar-refractivity contribution is 7.13. The summed E-state index contributed by atoms with van der Waals surface area (Å²) in [6.45, 7) is 5.79. The summed E-state index contributed by atoms with van der Waals surface area (Å²) < 4.78 is 13.4. The van der Waals surface area contributed by atoms with Crippen molar-refractivity contribution < 1.29 is 9.47 Å². The van der Waals surface area contributed by atoms with Crippen LogP contribution < -0.4 is 4.74 Å². The van der Waals surface area contributed by atoms with E-state index in [1.807, 2.05) is 18.3 Å². The molecule has 1 saturated heterocycles. The first-order valence-electron chi connectivity index (χ1n) is 11.7. The van der Waals surface area contributed by atoms with Crippen LogP contribution in [-0.2, 0) is 11.3 Å². The van der Waals surface area contributed by atoms with Crippen molar-refractivity contribution in [1.29, 1.82) is 0 Å². The maximum Gasteiger partial charge on any atom is 0.137 e. The predicted molar refractivity (Wildman–Crippen MR) is 137 cm³/mol. The van der Waals surface area contributed by atoms with Gasteiger partial charge >= 0.3 is 0 Å². The van der Waals surface area contributed by atoms with Gasteiger partial charge in [-0.3, -0.25) is 4.90 Å². The Balaban J connectivity index is 1.32. The van der Waals surface area contributed by atoms with E-state index in [9.17, 15) is 0 Å². The van der Waals surface area contributed by atoms with Crippen LogP contribution in [0.3, 0.4) is 0 Å². The van der Waals surface area contributed by atoms with Crippen molar-refractivity contribution >= 4 is 33.3 Å². The van der Waals surface area contributed by atoms with Gasteiger partial charge in [-0.1, -0.05) is 0 Å². The summed E-state index contributed by atoms with van der Waals surface area (Å²) in [5.74, 6) is 0.860. The van der Waals surface area contributed by atoms with Gasteiger partial charge in [0.2, 0.25) is 0 Å². The lowest BCUT2D eigenvalue weighted by atomic mass is 10.1. The zero-order valence-corrected chi connectivity index (χ0v) is 20.0. The lowest BCUT2D eigenvalue weighted by Crippen LogP contribution is -2.37. The van der Waals surface area contributed by atoms with Gasteiger partial charge in [-0.15, -0.1) is 11.3 Å². The zero-order chi connectivity index (χ0) is 22.9. The number of hydrogen-bond donors (Lipinski definition) is 1. The number of aromatic nitrogens is 4. The zero-order valence-electron chi connectivity index (χ0n) is 19.2. The number of hydrogen-bond acceptors (Lipinski definition) is 6. The molecule has 0 atom stereocenters. The summed E-state index contributed by atoms with van der Waals surface area (Å²) in [5, 5.41) is 5.41. The van der Waals surface area contributed by atoms with Crippen molar-refractivity contribution in [2.45, 2.75) is 13.0 Å². The molecule has 174 valence electrons. The van der Waals surface area contributed by atoms with Crippen LogP contribution >= 0.6 is 11.3 Å². The standard InChI is InChI=1S/C26H27N5O2S/c1-32-18-5-6-24-20(14-18)22(16-31(24)9-3-8-30-10-12-33-13-11-30)26-29-23(17-34-26)21-15-28-25-19(21)4-2-7-27-25/h2,4-7,14-17H,3,8-13H2,1H3,(H,27,28). The summed E-state index contributed by atoms with van der Waals surface area (Å²) in [4.78, 5) is 15.2. The van der Waals surface area contributed by atoms with Gasteiger partial charge in [-0.2, -0.15) is 0 Å². The minimum atomic E-state index is 0.843. The fraction of sp³-hybridized carbons (Fsp3) is 0.308. The fourth-order valence-electron chi connectivity index (χ4n) is 4.74. The van der Waals surface area contributed by atoms with Crippen molar-refractivity contribution in [1.82, 2.24) is 24.4 Å². The van der Waals surface area contributed by atoms with Crippen molar-refractivity contribution in [3.05, 3.63) is 54.3 Å². The number of fused-ring (bicyclic) bond motifs is 2. The molecule has 0 unspecified atom stereocenters. The molecule has 6 rings (SSSR count). The number of aryl methyl sites for hydroxylation is 1. The number of aromatic amines is 1. The minimum Gasteiger partial charge on any atom is -0.497 e. The number of nitrogens with one attached hydrogen (secondary N) is 1. The van der Waals surface area contributed by atoms with E-state index in [-0.39, 0.29) is 0 Å². The average Bonchev–Trinajstić information content (AvgIpc) is 3.61. The number of pyridine rings is 1. The molecule has 0 radical (unpaired) electrons. The molecule has 1 aliphatic heterocycles. The van der Waals surface area contributed by atoms with E-state index in [4.69, 9.17) is 14.5 Å². The molecule has 0 amide bonds. The Morgan fingerprint density at radius 1 is 1.12 bits per heavy atom. The maximum absolute atomic E-state index is 5.54. The Kier molecular flexibility index (Phi) is 5.78. The molecule has 8 heteroatoms. The Morgan fingerprint density at radius 2 is 2.03 bits per heavy atom. The van der Waals surface area contributed by atoms with Crippen molar-refractivity contribution in [2.75, 3.05) is 40.0 Å². The molecule has 0 spiro atoms. The lowest BCUT2D eigenvalue weighted by molar-refractivity contribution is 0.0370. The van der Waals surface area contributed by atoms with Gasteiger partial charge in [-0.05, 0) is 36.8 Å². The Bertz CT molecular complexity index is 1430. The smallest absolute Gasteiger partial charge is 0.137 e. The molecule has 1 aromatic carbocycles. The van der Waals surface area contributed by atoms with Gasteiger partial charge in [0, 0.05) is 77.6 Å². The average molecular weight is 474 g/mol. The number of H-pyrrole nitrogens is 1. The molecule has 34 heavy (non-hydrogen) atoms. The highest BCUT2D eigenvalue weighted by Crippen LogP contribution is 2.37. The molecular weight excluding hydrogens is 446 g/mol. The van der Waals surface area contributed by atoms with Crippen molar-refractivity contribution in [2.24, 2.45) is 0 Å². The van der Waals surface area contributed by atoms with Gasteiger partial charge in [0.05, 0.1) is 26.0 Å². The van der Waals surface area contributed by atoms with E-state index in [2.05, 4.69) is 49.2 Å². The van der Waals surface area contributed by atoms with Gasteiger partial charge < -0.3 is 19.0 Å². The highest BCUT2D eigenvalue weighted by Gasteiger charge is 2.17. The maximum atomic E-state index is 5.54. The molecule has 5 heterocycles. The normalized spacial score (nSPS) is 14.9. The number of rotatable bonds is 7. The lowest BCUT2D eigenvalue weighted by Gasteiger charge is -2.26. The van der Waals surface area contributed by atoms with Crippen molar-refractivity contribution in [3.63, 3.8) is 0 Å². The van der Waals surface area contributed by atoms with Crippen LogP contribution in [0.2, 0.25) is 0 Å². The quantitative estimate of drug-likeness (QED) is 0.359. The summed E-state index contributed by atoms with van der Waals surface area (Å²) in [6.07, 6.45) is 7.15. The molecule has 5 aromatic rings. The number of morpholine rings is 1. The molecule has 0 bridgehead atoms. The van der Waals surface area contributed by atoms with E-state index in [0.717, 1.165) is 84.4 Å². The molecule has 0 saturated carbocycles. The van der Waals surface area contributed by atoms with Crippen LogP contribution in [-0.4, -0.2) is 64.4 Å². The van der Waals surface area contributed by atoms with E-state index in [0.29, 0.717) is 0 Å². The van der Waals surface area contributed by atoms with Crippen LogP contribution in [0.25, 0.3) is 43.8 Å². The van der Waals surface area contributed by atoms with E-state index in [1.165, 1.54) is 10.9 Å². The van der Waals surface area contributed by atoms with Crippen LogP contribution in [0.4, 0.5) is 0 Å². The number of thiazole rings is 1. The third-order valence-electron chi connectivity index (χ3n) is 6.53. The molecule has 1 N–H and O–H groups in total. The monoisotopic (exact) mass is 473 g/mol. The Morgan fingerprint density at radius 3 is 2.91 bits per heavy atom. The SMILES string of the molecule is COc1ccc2c(c1)c(-c1nc(-c3c[nH]c4ncccc34)cs1)cn2CCCN1CCOCC1. The van der Waals surface area contributed by atoms with E-state index < -0.39 is 0 Å². The van der Waals surface area contributed by atoms with Gasteiger partial charge in [-0.25, -0.2) is 9.97 Å². The van der Waals surface area contributed by atoms with Crippen LogP contribution in [0.1, 0.15) is 6.42 Å². The largest absolute Gasteiger partial charge is 0.497 e. The molecule has 0 aliphatic carbocycles. The Labute approximate surface area is 202 Å². The first-order valence-corrected chi connectivity index (χ1v) is 12.5. The van der Waals surface area contributed by atoms with E-state index in [1.54, 1.807) is 24.6 Å². The minimum absolute atomic E-state index is 0.843. The first-order chi connectivity index (χ1) is 16.8.